The van der Waals surface area contributed by atoms with Gasteiger partial charge in [0.15, 0.2) is 11.6 Å². The Morgan fingerprint density at radius 1 is 1.23 bits per heavy atom. The van der Waals surface area contributed by atoms with Crippen LogP contribution in [0.2, 0.25) is 0 Å². The second-order valence-corrected chi connectivity index (χ2v) is 7.96. The van der Waals surface area contributed by atoms with Crippen molar-refractivity contribution in [2.24, 2.45) is 0 Å². The van der Waals surface area contributed by atoms with Gasteiger partial charge in [-0.15, -0.1) is 5.10 Å². The molecule has 0 saturated heterocycles. The van der Waals surface area contributed by atoms with E-state index in [4.69, 9.17) is 0 Å². The van der Waals surface area contributed by atoms with E-state index < -0.39 is 35.7 Å². The minimum atomic E-state index is -4.69. The summed E-state index contributed by atoms with van der Waals surface area (Å²) in [5, 5.41) is 16.1. The maximum atomic E-state index is 13.4. The molecule has 1 saturated carbocycles. The maximum absolute atomic E-state index is 13.4. The van der Waals surface area contributed by atoms with Crippen LogP contribution in [0.15, 0.2) is 42.9 Å². The Bertz CT molecular complexity index is 1280. The van der Waals surface area contributed by atoms with Gasteiger partial charge >= 0.3 is 12.8 Å². The number of ether oxygens (including phenoxy) is 1. The Morgan fingerprint density at radius 3 is 2.54 bits per heavy atom. The number of carbonyl (C=O) groups excluding carboxylic acids is 1. The zero-order valence-electron chi connectivity index (χ0n) is 18.1. The van der Waals surface area contributed by atoms with Gasteiger partial charge in [-0.05, 0) is 55.7 Å². The molecule has 1 aliphatic rings. The van der Waals surface area contributed by atoms with E-state index in [1.165, 1.54) is 36.1 Å². The summed E-state index contributed by atoms with van der Waals surface area (Å²) in [6.07, 6.45) is -1.49. The molecule has 13 heteroatoms. The van der Waals surface area contributed by atoms with E-state index in [0.717, 1.165) is 18.3 Å². The van der Waals surface area contributed by atoms with Crippen molar-refractivity contribution < 1.29 is 31.5 Å². The van der Waals surface area contributed by atoms with Crippen molar-refractivity contribution in [3.05, 3.63) is 65.4 Å². The van der Waals surface area contributed by atoms with E-state index in [2.05, 4.69) is 25.1 Å². The largest absolute Gasteiger partial charge is 0.433 e. The Morgan fingerprint density at radius 2 is 1.97 bits per heavy atom. The van der Waals surface area contributed by atoms with Crippen molar-refractivity contribution in [2.75, 3.05) is 0 Å². The van der Waals surface area contributed by atoms with Crippen molar-refractivity contribution in [1.82, 2.24) is 25.1 Å². The smallest absolute Gasteiger partial charge is 0.416 e. The number of benzene rings is 1. The summed E-state index contributed by atoms with van der Waals surface area (Å²) >= 11 is 0. The molecular formula is C22H17F5N6O2. The Labute approximate surface area is 195 Å². The van der Waals surface area contributed by atoms with Crippen molar-refractivity contribution in [2.45, 2.75) is 44.0 Å². The number of aromatic nitrogens is 4. The molecule has 1 amide bonds. The first-order valence-electron chi connectivity index (χ1n) is 10.3. The van der Waals surface area contributed by atoms with Gasteiger partial charge in [0.25, 0.3) is 5.91 Å². The second kappa shape index (κ2) is 8.94. The summed E-state index contributed by atoms with van der Waals surface area (Å²) in [5.41, 5.74) is -2.10. The van der Waals surface area contributed by atoms with Gasteiger partial charge < -0.3 is 10.1 Å². The van der Waals surface area contributed by atoms with Crippen LogP contribution in [0.25, 0.3) is 5.82 Å². The molecule has 1 aromatic carbocycles. The fourth-order valence-corrected chi connectivity index (χ4v) is 3.40. The molecule has 0 bridgehead atoms. The number of nitrogens with zero attached hydrogens (tertiary/aromatic N) is 5. The average molecular weight is 492 g/mol. The van der Waals surface area contributed by atoms with Crippen molar-refractivity contribution in [3.8, 4) is 17.6 Å². The lowest BCUT2D eigenvalue weighted by Crippen LogP contribution is -2.28. The van der Waals surface area contributed by atoms with Crippen LogP contribution in [-0.4, -0.2) is 32.3 Å². The molecular weight excluding hydrogens is 475 g/mol. The molecule has 1 atom stereocenters. The first kappa shape index (κ1) is 24.1. The quantitative estimate of drug-likeness (QED) is 0.493. The molecule has 2 heterocycles. The molecule has 4 rings (SSSR count). The van der Waals surface area contributed by atoms with Crippen molar-refractivity contribution >= 4 is 5.91 Å². The lowest BCUT2D eigenvalue weighted by molar-refractivity contribution is -0.137. The minimum absolute atomic E-state index is 0.135. The summed E-state index contributed by atoms with van der Waals surface area (Å²) in [5.74, 6) is -0.565. The van der Waals surface area contributed by atoms with Crippen LogP contribution in [0.1, 0.15) is 53.1 Å². The molecule has 8 nitrogen and oxygen atoms in total. The lowest BCUT2D eigenvalue weighted by Gasteiger charge is -2.16. The van der Waals surface area contributed by atoms with Crippen LogP contribution in [-0.2, 0) is 11.6 Å². The number of nitriles is 1. The molecule has 0 spiro atoms. The molecule has 1 unspecified atom stereocenters. The normalized spacial score (nSPS) is 15.4. The summed E-state index contributed by atoms with van der Waals surface area (Å²) in [7, 11) is 0. The zero-order valence-corrected chi connectivity index (χ0v) is 18.1. The second-order valence-electron chi connectivity index (χ2n) is 7.96. The number of amides is 1. The number of rotatable bonds is 7. The molecule has 35 heavy (non-hydrogen) atoms. The topological polar surface area (TPSA) is 106 Å². The van der Waals surface area contributed by atoms with Crippen LogP contribution >= 0.6 is 0 Å². The van der Waals surface area contributed by atoms with Gasteiger partial charge in [-0.3, -0.25) is 4.79 Å². The summed E-state index contributed by atoms with van der Waals surface area (Å²) < 4.78 is 70.2. The van der Waals surface area contributed by atoms with Gasteiger partial charge in [0.2, 0.25) is 0 Å². The molecule has 0 radical (unpaired) electrons. The average Bonchev–Trinajstić information content (AvgIpc) is 3.46. The molecule has 1 N–H and O–H groups in total. The number of alkyl halides is 5. The van der Waals surface area contributed by atoms with E-state index in [0.29, 0.717) is 12.8 Å². The Hall–Kier alpha value is -4.08. The van der Waals surface area contributed by atoms with Crippen LogP contribution in [0, 0.1) is 11.3 Å². The first-order valence-corrected chi connectivity index (χ1v) is 10.3. The third-order valence-corrected chi connectivity index (χ3v) is 5.46. The predicted molar refractivity (Wildman–Crippen MR) is 110 cm³/mol. The van der Waals surface area contributed by atoms with Crippen molar-refractivity contribution in [1.29, 1.82) is 5.26 Å². The number of hydrogen-bond acceptors (Lipinski definition) is 6. The van der Waals surface area contributed by atoms with Crippen LogP contribution in [0.5, 0.6) is 5.75 Å². The minimum Gasteiger partial charge on any atom is -0.433 e. The number of carbonyl (C=O) groups is 1. The third kappa shape index (κ3) is 5.21. The first-order chi connectivity index (χ1) is 16.5. The summed E-state index contributed by atoms with van der Waals surface area (Å²) in [6.45, 7) is -1.45. The molecule has 182 valence electrons. The van der Waals surface area contributed by atoms with E-state index in [1.807, 2.05) is 6.07 Å². The van der Waals surface area contributed by atoms with Gasteiger partial charge in [0, 0.05) is 5.56 Å². The van der Waals surface area contributed by atoms with Crippen LogP contribution in [0.3, 0.4) is 0 Å². The van der Waals surface area contributed by atoms with Crippen LogP contribution in [0.4, 0.5) is 22.0 Å². The Kier molecular flexibility index (Phi) is 6.14. The molecule has 0 aliphatic heterocycles. The molecule has 1 aliphatic carbocycles. The number of pyridine rings is 1. The Balaban J connectivity index is 1.52. The highest BCUT2D eigenvalue weighted by Crippen LogP contribution is 2.48. The summed E-state index contributed by atoms with van der Waals surface area (Å²) in [4.78, 5) is 20.8. The van der Waals surface area contributed by atoms with Gasteiger partial charge in [-0.1, -0.05) is 0 Å². The van der Waals surface area contributed by atoms with Gasteiger partial charge in [0.1, 0.15) is 12.1 Å². The highest BCUT2D eigenvalue weighted by Gasteiger charge is 2.46. The third-order valence-electron chi connectivity index (χ3n) is 5.46. The van der Waals surface area contributed by atoms with E-state index >= 15 is 0 Å². The number of hydrogen-bond donors (Lipinski definition) is 1. The fraction of sp³-hybridized carbons (Fsp3) is 0.318. The SMILES string of the molecule is CC(NC(=O)c1cc(C(F)(F)F)cc(C2(C#N)CC2)c1)c1ncn(-c2ccc(OC(F)F)cn2)n1. The molecule has 3 aromatic rings. The standard InChI is InChI=1S/C22H17F5N6O2/c1-12(18-30-11-33(32-18)17-3-2-16(9-29-17)35-20(23)24)31-19(34)13-6-14(21(10-28)4-5-21)8-15(7-13)22(25,26)27/h2-3,6-9,11-12,20H,4-5H2,1H3,(H,31,34). The van der Waals surface area contributed by atoms with Gasteiger partial charge in [0.05, 0.1) is 29.3 Å². The van der Waals surface area contributed by atoms with Crippen molar-refractivity contribution in [3.63, 3.8) is 0 Å². The van der Waals surface area contributed by atoms with E-state index in [1.54, 1.807) is 0 Å². The highest BCUT2D eigenvalue weighted by atomic mass is 19.4. The zero-order chi connectivity index (χ0) is 25.4. The maximum Gasteiger partial charge on any atom is 0.416 e. The number of nitrogens with one attached hydrogen (secondary N) is 1. The van der Waals surface area contributed by atoms with Crippen LogP contribution < -0.4 is 10.1 Å². The van der Waals surface area contributed by atoms with E-state index in [9.17, 15) is 32.0 Å². The lowest BCUT2D eigenvalue weighted by atomic mass is 9.93. The predicted octanol–water partition coefficient (Wildman–Crippen LogP) is 4.33. The molecule has 2 aromatic heterocycles. The fourth-order valence-electron chi connectivity index (χ4n) is 3.40. The summed E-state index contributed by atoms with van der Waals surface area (Å²) in [6, 6.07) is 6.81. The number of halogens is 5. The highest BCUT2D eigenvalue weighted by molar-refractivity contribution is 5.95. The van der Waals surface area contributed by atoms with Gasteiger partial charge in [-0.2, -0.15) is 27.2 Å². The monoisotopic (exact) mass is 492 g/mol. The van der Waals surface area contributed by atoms with Gasteiger partial charge in [-0.25, -0.2) is 14.6 Å². The van der Waals surface area contributed by atoms with E-state index in [-0.39, 0.29) is 28.5 Å². The molecule has 1 fully saturated rings.